The summed E-state index contributed by atoms with van der Waals surface area (Å²) >= 11 is 0. The summed E-state index contributed by atoms with van der Waals surface area (Å²) in [7, 11) is 0. The van der Waals surface area contributed by atoms with Gasteiger partial charge in [-0.3, -0.25) is 0 Å². The van der Waals surface area contributed by atoms with Gasteiger partial charge in [0.05, 0.1) is 12.1 Å². The Labute approximate surface area is 138 Å². The van der Waals surface area contributed by atoms with Gasteiger partial charge in [-0.15, -0.1) is 0 Å². The van der Waals surface area contributed by atoms with Gasteiger partial charge in [0.25, 0.3) is 0 Å². The highest BCUT2D eigenvalue weighted by molar-refractivity contribution is 5.74. The largest absolute Gasteiger partial charge is 0.368 e. The maximum Gasteiger partial charge on any atom is 0.317 e. The van der Waals surface area contributed by atoms with Crippen molar-refractivity contribution in [3.05, 3.63) is 17.5 Å². The average Bonchev–Trinajstić information content (AvgIpc) is 2.83. The number of urea groups is 1. The number of hydrogen-bond donors (Lipinski definition) is 1. The number of likely N-dealkylation sites (tertiary alicyclic amines) is 1. The summed E-state index contributed by atoms with van der Waals surface area (Å²) in [5, 5.41) is 6.92. The molecule has 130 valence electrons. The van der Waals surface area contributed by atoms with Gasteiger partial charge in [-0.05, 0) is 40.5 Å². The zero-order valence-corrected chi connectivity index (χ0v) is 14.7. The average molecular weight is 323 g/mol. The third-order valence-corrected chi connectivity index (χ3v) is 3.99. The molecule has 1 fully saturated rings. The summed E-state index contributed by atoms with van der Waals surface area (Å²) in [6, 6.07) is 2.11. The zero-order valence-electron chi connectivity index (χ0n) is 14.7. The van der Waals surface area contributed by atoms with Gasteiger partial charge >= 0.3 is 6.03 Å². The molecule has 2 heterocycles. The number of nitrogens with zero attached hydrogens (tertiary/aromatic N) is 2. The fourth-order valence-electron chi connectivity index (χ4n) is 2.64. The minimum Gasteiger partial charge on any atom is -0.368 e. The van der Waals surface area contributed by atoms with E-state index < -0.39 is 0 Å². The summed E-state index contributed by atoms with van der Waals surface area (Å²) in [5.41, 5.74) is 0.498. The number of amides is 2. The molecule has 6 nitrogen and oxygen atoms in total. The highest BCUT2D eigenvalue weighted by Gasteiger charge is 2.22. The normalized spacial score (nSPS) is 19.5. The van der Waals surface area contributed by atoms with E-state index in [0.29, 0.717) is 30.6 Å². The number of aromatic nitrogens is 1. The van der Waals surface area contributed by atoms with Crippen LogP contribution in [0.15, 0.2) is 10.6 Å². The molecule has 0 unspecified atom stereocenters. The lowest BCUT2D eigenvalue weighted by Crippen LogP contribution is -2.44. The second kappa shape index (κ2) is 7.81. The summed E-state index contributed by atoms with van der Waals surface area (Å²) in [4.78, 5) is 14.3. The third kappa shape index (κ3) is 5.86. The molecule has 1 aliphatic heterocycles. The van der Waals surface area contributed by atoms with Gasteiger partial charge in [0, 0.05) is 18.7 Å². The Morgan fingerprint density at radius 3 is 2.96 bits per heavy atom. The van der Waals surface area contributed by atoms with Crippen molar-refractivity contribution in [2.75, 3.05) is 6.54 Å². The molecule has 6 heteroatoms. The minimum absolute atomic E-state index is 0.0186. The molecular weight excluding hydrogens is 294 g/mol. The van der Waals surface area contributed by atoms with Crippen LogP contribution in [0.2, 0.25) is 0 Å². The zero-order chi connectivity index (χ0) is 16.9. The van der Waals surface area contributed by atoms with Crippen molar-refractivity contribution < 1.29 is 14.1 Å². The molecule has 1 saturated heterocycles. The summed E-state index contributed by atoms with van der Waals surface area (Å²) in [6.07, 6.45) is 4.56. The lowest BCUT2D eigenvalue weighted by atomic mass is 10.1. The van der Waals surface area contributed by atoms with Crippen molar-refractivity contribution in [1.29, 1.82) is 0 Å². The third-order valence-electron chi connectivity index (χ3n) is 3.99. The Morgan fingerprint density at radius 1 is 1.43 bits per heavy atom. The van der Waals surface area contributed by atoms with Gasteiger partial charge in [-0.2, -0.15) is 0 Å². The van der Waals surface area contributed by atoms with Gasteiger partial charge in [0.1, 0.15) is 12.3 Å². The first-order valence-corrected chi connectivity index (χ1v) is 8.48. The van der Waals surface area contributed by atoms with E-state index in [2.05, 4.69) is 17.4 Å². The fraction of sp³-hybridized carbons (Fsp3) is 0.765. The number of rotatable bonds is 4. The van der Waals surface area contributed by atoms with Crippen LogP contribution in [0, 0.1) is 0 Å². The van der Waals surface area contributed by atoms with Crippen molar-refractivity contribution in [3.8, 4) is 0 Å². The SMILES string of the molecule is C[C@@H]1CCCCCN1C(=O)NCc1cc(COC(C)(C)C)on1. The molecule has 0 spiro atoms. The van der Waals surface area contributed by atoms with E-state index in [-0.39, 0.29) is 11.6 Å². The molecule has 0 radical (unpaired) electrons. The van der Waals surface area contributed by atoms with Crippen molar-refractivity contribution >= 4 is 6.03 Å². The first-order valence-electron chi connectivity index (χ1n) is 8.48. The van der Waals surface area contributed by atoms with Crippen LogP contribution in [0.25, 0.3) is 0 Å². The number of ether oxygens (including phenoxy) is 1. The number of carbonyl (C=O) groups is 1. The summed E-state index contributed by atoms with van der Waals surface area (Å²) < 4.78 is 10.9. The molecule has 1 N–H and O–H groups in total. The highest BCUT2D eigenvalue weighted by Crippen LogP contribution is 2.16. The van der Waals surface area contributed by atoms with Crippen molar-refractivity contribution in [1.82, 2.24) is 15.4 Å². The van der Waals surface area contributed by atoms with E-state index in [1.807, 2.05) is 31.7 Å². The molecule has 0 aromatic carbocycles. The van der Waals surface area contributed by atoms with Gasteiger partial charge in [-0.25, -0.2) is 4.79 Å². The maximum atomic E-state index is 12.3. The van der Waals surface area contributed by atoms with E-state index in [4.69, 9.17) is 9.26 Å². The predicted molar refractivity (Wildman–Crippen MR) is 87.9 cm³/mol. The predicted octanol–water partition coefficient (Wildman–Crippen LogP) is 3.46. The Balaban J connectivity index is 1.81. The molecule has 0 saturated carbocycles. The first kappa shape index (κ1) is 17.8. The van der Waals surface area contributed by atoms with Gasteiger partial charge in [0.2, 0.25) is 0 Å². The molecule has 1 aromatic rings. The molecule has 1 aromatic heterocycles. The number of nitrogens with one attached hydrogen (secondary N) is 1. The number of hydrogen-bond acceptors (Lipinski definition) is 4. The van der Waals surface area contributed by atoms with E-state index >= 15 is 0 Å². The number of carbonyl (C=O) groups excluding carboxylic acids is 1. The first-order chi connectivity index (χ1) is 10.8. The standard InChI is InChI=1S/C17H29N3O3/c1-13-8-6-5-7-9-20(13)16(21)18-11-14-10-15(23-19-14)12-22-17(2,3)4/h10,13H,5-9,11-12H2,1-4H3,(H,18,21)/t13-/m1/s1. The molecule has 2 rings (SSSR count). The Kier molecular flexibility index (Phi) is 6.04. The molecule has 1 aliphatic rings. The van der Waals surface area contributed by atoms with E-state index in [0.717, 1.165) is 19.4 Å². The van der Waals surface area contributed by atoms with Crippen LogP contribution >= 0.6 is 0 Å². The van der Waals surface area contributed by atoms with Crippen LogP contribution in [0.5, 0.6) is 0 Å². The van der Waals surface area contributed by atoms with Gasteiger partial charge in [0.15, 0.2) is 5.76 Å². The van der Waals surface area contributed by atoms with Crippen molar-refractivity contribution in [2.45, 2.75) is 78.2 Å². The smallest absolute Gasteiger partial charge is 0.317 e. The van der Waals surface area contributed by atoms with Crippen LogP contribution < -0.4 is 5.32 Å². The minimum atomic E-state index is -0.218. The molecular formula is C17H29N3O3. The second-order valence-corrected chi connectivity index (χ2v) is 7.24. The molecule has 2 amide bonds. The van der Waals surface area contributed by atoms with E-state index in [1.165, 1.54) is 12.8 Å². The monoisotopic (exact) mass is 323 g/mol. The van der Waals surface area contributed by atoms with E-state index in [1.54, 1.807) is 0 Å². The van der Waals surface area contributed by atoms with Crippen LogP contribution in [0.1, 0.15) is 64.8 Å². The summed E-state index contributed by atoms with van der Waals surface area (Å²) in [6.45, 7) is 9.68. The Bertz CT molecular complexity index is 507. The molecule has 0 aliphatic carbocycles. The summed E-state index contributed by atoms with van der Waals surface area (Å²) in [5.74, 6) is 0.673. The van der Waals surface area contributed by atoms with Crippen LogP contribution in [0.3, 0.4) is 0 Å². The highest BCUT2D eigenvalue weighted by atomic mass is 16.5. The fourth-order valence-corrected chi connectivity index (χ4v) is 2.64. The van der Waals surface area contributed by atoms with E-state index in [9.17, 15) is 4.79 Å². The second-order valence-electron chi connectivity index (χ2n) is 7.24. The van der Waals surface area contributed by atoms with Gasteiger partial charge < -0.3 is 19.5 Å². The quantitative estimate of drug-likeness (QED) is 0.921. The van der Waals surface area contributed by atoms with Crippen LogP contribution in [0.4, 0.5) is 4.79 Å². The molecule has 23 heavy (non-hydrogen) atoms. The van der Waals surface area contributed by atoms with Crippen molar-refractivity contribution in [2.24, 2.45) is 0 Å². The Morgan fingerprint density at radius 2 is 2.22 bits per heavy atom. The topological polar surface area (TPSA) is 67.6 Å². The van der Waals surface area contributed by atoms with Crippen molar-refractivity contribution in [3.63, 3.8) is 0 Å². The maximum absolute atomic E-state index is 12.3. The molecule has 0 bridgehead atoms. The van der Waals surface area contributed by atoms with Gasteiger partial charge in [-0.1, -0.05) is 18.0 Å². The lowest BCUT2D eigenvalue weighted by molar-refractivity contribution is -0.0241. The molecule has 1 atom stereocenters. The van der Waals surface area contributed by atoms with Crippen LogP contribution in [-0.4, -0.2) is 34.3 Å². The van der Waals surface area contributed by atoms with Crippen LogP contribution in [-0.2, 0) is 17.9 Å². The lowest BCUT2D eigenvalue weighted by Gasteiger charge is -2.27. The Hall–Kier alpha value is -1.56.